The number of benzene rings is 1. The number of fused-ring (bicyclic) bond motifs is 1. The minimum Gasteiger partial charge on any atom is -0.454 e. The molecule has 0 aliphatic carbocycles. The second-order valence-corrected chi connectivity index (χ2v) is 6.51. The monoisotopic (exact) mass is 333 g/mol. The van der Waals surface area contributed by atoms with Gasteiger partial charge in [-0.2, -0.15) is 0 Å². The van der Waals surface area contributed by atoms with E-state index in [-0.39, 0.29) is 12.7 Å². The predicted octanol–water partition coefficient (Wildman–Crippen LogP) is 5.07. The minimum absolute atomic E-state index is 0.0378. The van der Waals surface area contributed by atoms with Crippen LogP contribution in [-0.2, 0) is 0 Å². The number of carbonyl (C=O) groups excluding carboxylic acids is 1. The van der Waals surface area contributed by atoms with E-state index in [0.29, 0.717) is 17.1 Å². The molecule has 1 aliphatic rings. The van der Waals surface area contributed by atoms with Crippen LogP contribution in [0.25, 0.3) is 0 Å². The summed E-state index contributed by atoms with van der Waals surface area (Å²) in [6.07, 6.45) is 13.0. The van der Waals surface area contributed by atoms with Crippen molar-refractivity contribution in [2.45, 2.75) is 71.1 Å². The lowest BCUT2D eigenvalue weighted by Gasteiger charge is -2.06. The third-order valence-corrected chi connectivity index (χ3v) is 4.45. The van der Waals surface area contributed by atoms with Crippen molar-refractivity contribution in [3.63, 3.8) is 0 Å². The second-order valence-electron chi connectivity index (χ2n) is 6.51. The van der Waals surface area contributed by atoms with Gasteiger partial charge in [0.15, 0.2) is 11.5 Å². The number of rotatable bonds is 12. The van der Waals surface area contributed by atoms with Gasteiger partial charge in [0.2, 0.25) is 6.79 Å². The number of hydrogen-bond donors (Lipinski definition) is 1. The van der Waals surface area contributed by atoms with Gasteiger partial charge in [-0.15, -0.1) is 0 Å². The van der Waals surface area contributed by atoms with Gasteiger partial charge in [-0.05, 0) is 24.6 Å². The SMILES string of the molecule is CCCCCCCCCCCCNC(=O)c1ccc2c(c1)OCO2. The Balaban J connectivity index is 1.48. The highest BCUT2D eigenvalue weighted by Gasteiger charge is 2.15. The summed E-state index contributed by atoms with van der Waals surface area (Å²) in [6.45, 7) is 3.23. The molecule has 1 aromatic carbocycles. The molecule has 0 saturated carbocycles. The summed E-state index contributed by atoms with van der Waals surface area (Å²) in [6, 6.07) is 5.31. The van der Waals surface area contributed by atoms with Gasteiger partial charge >= 0.3 is 0 Å². The average Bonchev–Trinajstić information content (AvgIpc) is 3.07. The minimum atomic E-state index is -0.0378. The summed E-state index contributed by atoms with van der Waals surface area (Å²) < 4.78 is 10.6. The van der Waals surface area contributed by atoms with Crippen molar-refractivity contribution in [3.05, 3.63) is 23.8 Å². The molecule has 1 amide bonds. The molecule has 1 N–H and O–H groups in total. The quantitative estimate of drug-likeness (QED) is 0.543. The summed E-state index contributed by atoms with van der Waals surface area (Å²) in [5.74, 6) is 1.33. The van der Waals surface area contributed by atoms with Crippen LogP contribution in [0, 0.1) is 0 Å². The number of carbonyl (C=O) groups is 1. The smallest absolute Gasteiger partial charge is 0.251 e. The standard InChI is InChI=1S/C20H31NO3/c1-2-3-4-5-6-7-8-9-10-11-14-21-20(22)17-12-13-18-19(15-17)24-16-23-18/h12-13,15H,2-11,14,16H2,1H3,(H,21,22). The third-order valence-electron chi connectivity index (χ3n) is 4.45. The molecule has 0 atom stereocenters. The molecular formula is C20H31NO3. The van der Waals surface area contributed by atoms with Crippen LogP contribution in [0.15, 0.2) is 18.2 Å². The van der Waals surface area contributed by atoms with Gasteiger partial charge in [-0.25, -0.2) is 0 Å². The third kappa shape index (κ3) is 6.42. The highest BCUT2D eigenvalue weighted by atomic mass is 16.7. The first-order valence-electron chi connectivity index (χ1n) is 9.49. The number of nitrogens with one attached hydrogen (secondary N) is 1. The number of unbranched alkanes of at least 4 members (excludes halogenated alkanes) is 9. The summed E-state index contributed by atoms with van der Waals surface area (Å²) >= 11 is 0. The molecule has 1 heterocycles. The molecule has 1 aliphatic heterocycles. The van der Waals surface area contributed by atoms with Crippen LogP contribution in [-0.4, -0.2) is 19.2 Å². The van der Waals surface area contributed by atoms with E-state index in [1.54, 1.807) is 18.2 Å². The van der Waals surface area contributed by atoms with E-state index >= 15 is 0 Å². The van der Waals surface area contributed by atoms with Crippen molar-refractivity contribution in [1.29, 1.82) is 0 Å². The Labute approximate surface area is 145 Å². The molecular weight excluding hydrogens is 302 g/mol. The molecule has 0 bridgehead atoms. The highest BCUT2D eigenvalue weighted by Crippen LogP contribution is 2.32. The van der Waals surface area contributed by atoms with Crippen LogP contribution in [0.2, 0.25) is 0 Å². The Kier molecular flexibility index (Phi) is 8.50. The molecule has 0 spiro atoms. The molecule has 0 unspecified atom stereocenters. The van der Waals surface area contributed by atoms with E-state index in [2.05, 4.69) is 12.2 Å². The van der Waals surface area contributed by atoms with E-state index in [1.165, 1.54) is 57.8 Å². The zero-order valence-electron chi connectivity index (χ0n) is 14.9. The summed E-state index contributed by atoms with van der Waals surface area (Å²) in [5.41, 5.74) is 0.631. The van der Waals surface area contributed by atoms with Crippen LogP contribution >= 0.6 is 0 Å². The predicted molar refractivity (Wildman–Crippen MR) is 96.7 cm³/mol. The van der Waals surface area contributed by atoms with Gasteiger partial charge in [-0.1, -0.05) is 64.7 Å². The molecule has 0 radical (unpaired) electrons. The first kappa shape index (κ1) is 18.6. The van der Waals surface area contributed by atoms with Crippen molar-refractivity contribution >= 4 is 5.91 Å². The van der Waals surface area contributed by atoms with Gasteiger partial charge < -0.3 is 14.8 Å². The zero-order chi connectivity index (χ0) is 17.0. The van der Waals surface area contributed by atoms with E-state index in [0.717, 1.165) is 13.0 Å². The normalized spacial score (nSPS) is 12.4. The van der Waals surface area contributed by atoms with Gasteiger partial charge in [0.1, 0.15) is 0 Å². The summed E-state index contributed by atoms with van der Waals surface area (Å²) in [7, 11) is 0. The molecule has 4 heteroatoms. The van der Waals surface area contributed by atoms with Crippen molar-refractivity contribution in [3.8, 4) is 11.5 Å². The lowest BCUT2D eigenvalue weighted by Crippen LogP contribution is -2.24. The summed E-state index contributed by atoms with van der Waals surface area (Å²) in [5, 5.41) is 2.98. The Morgan fingerprint density at radius 1 is 0.917 bits per heavy atom. The maximum absolute atomic E-state index is 12.1. The van der Waals surface area contributed by atoms with Gasteiger partial charge in [0.25, 0.3) is 5.91 Å². The topological polar surface area (TPSA) is 47.6 Å². The molecule has 1 aromatic rings. The van der Waals surface area contributed by atoms with Crippen molar-refractivity contribution in [1.82, 2.24) is 5.32 Å². The lowest BCUT2D eigenvalue weighted by molar-refractivity contribution is 0.0952. The van der Waals surface area contributed by atoms with E-state index in [1.807, 2.05) is 0 Å². The van der Waals surface area contributed by atoms with Gasteiger partial charge in [0.05, 0.1) is 0 Å². The second kappa shape index (κ2) is 11.0. The Hall–Kier alpha value is -1.71. The fourth-order valence-electron chi connectivity index (χ4n) is 2.95. The molecule has 0 saturated heterocycles. The van der Waals surface area contributed by atoms with Gasteiger partial charge in [0, 0.05) is 12.1 Å². The lowest BCUT2D eigenvalue weighted by atomic mass is 10.1. The van der Waals surface area contributed by atoms with E-state index in [9.17, 15) is 4.79 Å². The van der Waals surface area contributed by atoms with Crippen LogP contribution < -0.4 is 14.8 Å². The maximum atomic E-state index is 12.1. The van der Waals surface area contributed by atoms with Crippen molar-refractivity contribution in [2.24, 2.45) is 0 Å². The Morgan fingerprint density at radius 3 is 2.25 bits per heavy atom. The number of hydrogen-bond acceptors (Lipinski definition) is 3. The first-order valence-corrected chi connectivity index (χ1v) is 9.49. The van der Waals surface area contributed by atoms with Crippen molar-refractivity contribution < 1.29 is 14.3 Å². The largest absolute Gasteiger partial charge is 0.454 e. The highest BCUT2D eigenvalue weighted by molar-refractivity contribution is 5.94. The first-order chi connectivity index (χ1) is 11.8. The van der Waals surface area contributed by atoms with Gasteiger partial charge in [-0.3, -0.25) is 4.79 Å². The molecule has 2 rings (SSSR count). The number of amides is 1. The average molecular weight is 333 g/mol. The van der Waals surface area contributed by atoms with Crippen LogP contribution in [0.5, 0.6) is 11.5 Å². The Morgan fingerprint density at radius 2 is 1.54 bits per heavy atom. The van der Waals surface area contributed by atoms with Crippen LogP contribution in [0.1, 0.15) is 81.5 Å². The van der Waals surface area contributed by atoms with Crippen molar-refractivity contribution in [2.75, 3.05) is 13.3 Å². The molecule has 4 nitrogen and oxygen atoms in total. The maximum Gasteiger partial charge on any atom is 0.251 e. The molecule has 134 valence electrons. The fourth-order valence-corrected chi connectivity index (χ4v) is 2.95. The molecule has 0 aromatic heterocycles. The number of ether oxygens (including phenoxy) is 2. The van der Waals surface area contributed by atoms with E-state index in [4.69, 9.17) is 9.47 Å². The zero-order valence-corrected chi connectivity index (χ0v) is 14.9. The molecule has 24 heavy (non-hydrogen) atoms. The molecule has 0 fully saturated rings. The fraction of sp³-hybridized carbons (Fsp3) is 0.650. The van der Waals surface area contributed by atoms with Crippen LogP contribution in [0.4, 0.5) is 0 Å². The van der Waals surface area contributed by atoms with Crippen LogP contribution in [0.3, 0.4) is 0 Å². The Bertz CT molecular complexity index is 502. The van der Waals surface area contributed by atoms with E-state index < -0.39 is 0 Å². The summed E-state index contributed by atoms with van der Waals surface area (Å²) in [4.78, 5) is 12.1.